The van der Waals surface area contributed by atoms with Gasteiger partial charge in [-0.15, -0.1) is 0 Å². The predicted octanol–water partition coefficient (Wildman–Crippen LogP) is 5.50. The number of hydrogen-bond acceptors (Lipinski definition) is 4. The Morgan fingerprint density at radius 1 is 1.00 bits per heavy atom. The first-order valence-corrected chi connectivity index (χ1v) is 10.9. The molecule has 0 saturated carbocycles. The average Bonchev–Trinajstić information content (AvgIpc) is 3.21. The molecule has 162 valence electrons. The van der Waals surface area contributed by atoms with Gasteiger partial charge >= 0.3 is 13.1 Å². The zero-order valence-corrected chi connectivity index (χ0v) is 18.9. The largest absolute Gasteiger partial charge is 0.466 e. The molecule has 0 radical (unpaired) electrons. The normalized spacial score (nSPS) is 18.3. The number of aromatic nitrogens is 1. The van der Waals surface area contributed by atoms with E-state index in [-0.39, 0.29) is 18.2 Å². The summed E-state index contributed by atoms with van der Waals surface area (Å²) in [6.45, 7) is 10.3. The molecule has 1 atom stereocenters. The summed E-state index contributed by atoms with van der Waals surface area (Å²) in [5.41, 5.74) is 3.08. The van der Waals surface area contributed by atoms with Crippen LogP contribution in [0.3, 0.4) is 0 Å². The predicted molar refractivity (Wildman–Crippen MR) is 124 cm³/mol. The molecule has 1 aliphatic rings. The number of aromatic amines is 1. The van der Waals surface area contributed by atoms with Crippen LogP contribution in [0.1, 0.15) is 52.4 Å². The second-order valence-electron chi connectivity index (χ2n) is 9.07. The number of carbonyl (C=O) groups is 1. The molecule has 2 aromatic carbocycles. The van der Waals surface area contributed by atoms with Gasteiger partial charge in [0.25, 0.3) is 0 Å². The third kappa shape index (κ3) is 4.02. The molecule has 1 aliphatic heterocycles. The van der Waals surface area contributed by atoms with Gasteiger partial charge in [0.05, 0.1) is 24.2 Å². The lowest BCUT2D eigenvalue weighted by atomic mass is 9.65. The number of H-pyrrole nitrogens is 1. The molecular weight excluding hydrogens is 389 g/mol. The lowest BCUT2D eigenvalue weighted by Gasteiger charge is -2.32. The molecule has 5 nitrogen and oxygen atoms in total. The molecule has 3 aromatic rings. The summed E-state index contributed by atoms with van der Waals surface area (Å²) in [6, 6.07) is 18.3. The van der Waals surface area contributed by atoms with E-state index in [1.165, 1.54) is 0 Å². The van der Waals surface area contributed by atoms with E-state index in [0.29, 0.717) is 6.61 Å². The first kappa shape index (κ1) is 21.7. The minimum absolute atomic E-state index is 0.173. The molecule has 0 amide bonds. The molecule has 0 spiro atoms. The number of carbonyl (C=O) groups excluding carboxylic acids is 1. The molecule has 1 fully saturated rings. The Labute approximate surface area is 184 Å². The second-order valence-corrected chi connectivity index (χ2v) is 9.07. The molecule has 1 aromatic heterocycles. The maximum atomic E-state index is 12.7. The van der Waals surface area contributed by atoms with Crippen molar-refractivity contribution in [1.29, 1.82) is 0 Å². The van der Waals surface area contributed by atoms with E-state index in [1.807, 2.05) is 65.0 Å². The summed E-state index contributed by atoms with van der Waals surface area (Å²) in [6.07, 6.45) is 0.173. The van der Waals surface area contributed by atoms with Gasteiger partial charge in [0.2, 0.25) is 0 Å². The quantitative estimate of drug-likeness (QED) is 0.423. The number of para-hydroxylation sites is 1. The molecule has 1 unspecified atom stereocenters. The van der Waals surface area contributed by atoms with Crippen molar-refractivity contribution in [3.63, 3.8) is 0 Å². The van der Waals surface area contributed by atoms with E-state index < -0.39 is 18.3 Å². The SMILES string of the molecule is CCOC(=O)CC(B1OC(C)(C)C(C)(C)O1)c1c(-c2ccccc2)[nH]c2ccccc12. The standard InChI is InChI=1S/C25H30BNO4/c1-6-29-21(28)16-19(26-30-24(2,3)25(4,5)31-26)22-18-14-10-11-15-20(18)27-23(22)17-12-8-7-9-13-17/h7-15,19,27H,6,16H2,1-5H3. The minimum atomic E-state index is -0.573. The Morgan fingerprint density at radius 2 is 1.61 bits per heavy atom. The first-order chi connectivity index (χ1) is 14.7. The van der Waals surface area contributed by atoms with E-state index in [0.717, 1.165) is 27.7 Å². The third-order valence-corrected chi connectivity index (χ3v) is 6.47. The summed E-state index contributed by atoms with van der Waals surface area (Å²) in [4.78, 5) is 16.2. The summed E-state index contributed by atoms with van der Waals surface area (Å²) >= 11 is 0. The second kappa shape index (κ2) is 8.17. The van der Waals surface area contributed by atoms with Gasteiger partial charge in [-0.25, -0.2) is 0 Å². The first-order valence-electron chi connectivity index (χ1n) is 10.9. The van der Waals surface area contributed by atoms with Crippen LogP contribution in [0.2, 0.25) is 0 Å². The summed E-state index contributed by atoms with van der Waals surface area (Å²) in [7, 11) is -0.573. The monoisotopic (exact) mass is 419 g/mol. The average molecular weight is 419 g/mol. The molecule has 31 heavy (non-hydrogen) atoms. The number of fused-ring (bicyclic) bond motifs is 1. The van der Waals surface area contributed by atoms with Crippen molar-refractivity contribution in [3.05, 3.63) is 60.2 Å². The molecule has 2 heterocycles. The minimum Gasteiger partial charge on any atom is -0.466 e. The van der Waals surface area contributed by atoms with Gasteiger partial charge in [0.15, 0.2) is 0 Å². The van der Waals surface area contributed by atoms with Crippen molar-refractivity contribution in [1.82, 2.24) is 4.98 Å². The van der Waals surface area contributed by atoms with Crippen molar-refractivity contribution in [2.24, 2.45) is 0 Å². The summed E-state index contributed by atoms with van der Waals surface area (Å²) in [5.74, 6) is -0.585. The Morgan fingerprint density at radius 3 is 2.26 bits per heavy atom. The lowest BCUT2D eigenvalue weighted by Crippen LogP contribution is -2.41. The van der Waals surface area contributed by atoms with Gasteiger partial charge in [-0.05, 0) is 51.8 Å². The highest BCUT2D eigenvalue weighted by atomic mass is 16.7. The van der Waals surface area contributed by atoms with Gasteiger partial charge in [0, 0.05) is 22.4 Å². The fourth-order valence-corrected chi connectivity index (χ4v) is 4.17. The van der Waals surface area contributed by atoms with Gasteiger partial charge < -0.3 is 19.0 Å². The van der Waals surface area contributed by atoms with E-state index in [2.05, 4.69) is 29.2 Å². The highest BCUT2D eigenvalue weighted by molar-refractivity contribution is 6.48. The van der Waals surface area contributed by atoms with Crippen LogP contribution in [-0.2, 0) is 18.8 Å². The summed E-state index contributed by atoms with van der Waals surface area (Å²) in [5, 5.41) is 1.06. The Hall–Kier alpha value is -2.57. The fourth-order valence-electron chi connectivity index (χ4n) is 4.17. The maximum Gasteiger partial charge on any atom is 0.466 e. The number of hydrogen-bond donors (Lipinski definition) is 1. The molecule has 1 N–H and O–H groups in total. The van der Waals surface area contributed by atoms with Gasteiger partial charge in [-0.3, -0.25) is 4.79 Å². The van der Waals surface area contributed by atoms with Crippen LogP contribution in [0.4, 0.5) is 0 Å². The lowest BCUT2D eigenvalue weighted by molar-refractivity contribution is -0.143. The van der Waals surface area contributed by atoms with Crippen molar-refractivity contribution in [2.45, 2.75) is 58.1 Å². The topological polar surface area (TPSA) is 60.6 Å². The highest BCUT2D eigenvalue weighted by Gasteiger charge is 2.55. The number of ether oxygens (including phenoxy) is 1. The molecule has 0 bridgehead atoms. The van der Waals surface area contributed by atoms with Crippen molar-refractivity contribution < 1.29 is 18.8 Å². The number of rotatable bonds is 6. The fraction of sp³-hybridized carbons (Fsp3) is 0.400. The van der Waals surface area contributed by atoms with Gasteiger partial charge in [0.1, 0.15) is 0 Å². The summed E-state index contributed by atoms with van der Waals surface area (Å²) < 4.78 is 18.2. The Bertz CT molecular complexity index is 1060. The number of benzene rings is 2. The zero-order valence-electron chi connectivity index (χ0n) is 18.9. The molecular formula is C25H30BNO4. The molecule has 0 aliphatic carbocycles. The smallest absolute Gasteiger partial charge is 0.466 e. The van der Waals surface area contributed by atoms with Crippen LogP contribution in [0, 0.1) is 0 Å². The van der Waals surface area contributed by atoms with Crippen LogP contribution >= 0.6 is 0 Å². The Kier molecular flexibility index (Phi) is 5.71. The van der Waals surface area contributed by atoms with Crippen LogP contribution in [-0.4, -0.2) is 35.9 Å². The molecule has 1 saturated heterocycles. The van der Waals surface area contributed by atoms with E-state index in [1.54, 1.807) is 0 Å². The number of esters is 1. The Balaban J connectivity index is 1.88. The van der Waals surface area contributed by atoms with E-state index in [4.69, 9.17) is 14.0 Å². The van der Waals surface area contributed by atoms with Crippen molar-refractivity contribution >= 4 is 24.0 Å². The van der Waals surface area contributed by atoms with E-state index in [9.17, 15) is 4.79 Å². The van der Waals surface area contributed by atoms with Crippen LogP contribution in [0.25, 0.3) is 22.2 Å². The van der Waals surface area contributed by atoms with Crippen LogP contribution < -0.4 is 0 Å². The van der Waals surface area contributed by atoms with Crippen molar-refractivity contribution in [2.75, 3.05) is 6.61 Å². The van der Waals surface area contributed by atoms with E-state index >= 15 is 0 Å². The van der Waals surface area contributed by atoms with Gasteiger partial charge in [-0.2, -0.15) is 0 Å². The zero-order chi connectivity index (χ0) is 22.2. The molecule has 6 heteroatoms. The third-order valence-electron chi connectivity index (χ3n) is 6.47. The highest BCUT2D eigenvalue weighted by Crippen LogP contribution is 2.45. The van der Waals surface area contributed by atoms with Gasteiger partial charge in [-0.1, -0.05) is 48.5 Å². The molecule has 4 rings (SSSR count). The van der Waals surface area contributed by atoms with Crippen LogP contribution in [0.15, 0.2) is 54.6 Å². The van der Waals surface area contributed by atoms with Crippen molar-refractivity contribution in [3.8, 4) is 11.3 Å². The number of nitrogens with one attached hydrogen (secondary N) is 1. The van der Waals surface area contributed by atoms with Crippen LogP contribution in [0.5, 0.6) is 0 Å². The maximum absolute atomic E-state index is 12.7.